The zero-order chi connectivity index (χ0) is 18.5. The van der Waals surface area contributed by atoms with Crippen LogP contribution in [0.5, 0.6) is 0 Å². The fourth-order valence-electron chi connectivity index (χ4n) is 4.33. The monoisotopic (exact) mass is 336 g/mol. The standard InChI is InChI=1S/C24H48/c1-9-12-20(5)17-22(7)15-16-23(8)18-21(6)13-11-14-24(10-2)19(3)4/h10,19-24H,2,9,11-18H2,1,3-8H3. The molecule has 0 amide bonds. The molecular formula is C24H48. The van der Waals surface area contributed by atoms with Crippen molar-refractivity contribution in [3.8, 4) is 0 Å². The van der Waals surface area contributed by atoms with E-state index in [1.54, 1.807) is 0 Å². The molecule has 0 aliphatic heterocycles. The smallest absolute Gasteiger partial charge is 0.0213 e. The van der Waals surface area contributed by atoms with E-state index in [1.807, 2.05) is 0 Å². The molecule has 0 saturated carbocycles. The minimum absolute atomic E-state index is 0.709. The van der Waals surface area contributed by atoms with E-state index in [0.29, 0.717) is 5.92 Å². The largest absolute Gasteiger partial charge is 0.103 e. The zero-order valence-electron chi connectivity index (χ0n) is 18.1. The summed E-state index contributed by atoms with van der Waals surface area (Å²) < 4.78 is 0. The van der Waals surface area contributed by atoms with Crippen molar-refractivity contribution < 1.29 is 0 Å². The molecular weight excluding hydrogens is 288 g/mol. The topological polar surface area (TPSA) is 0 Å². The van der Waals surface area contributed by atoms with Gasteiger partial charge in [0.15, 0.2) is 0 Å². The lowest BCUT2D eigenvalue weighted by Crippen LogP contribution is -2.09. The van der Waals surface area contributed by atoms with Crippen molar-refractivity contribution in [3.05, 3.63) is 12.7 Å². The molecule has 0 N–H and O–H groups in total. The Labute approximate surface area is 154 Å². The van der Waals surface area contributed by atoms with Gasteiger partial charge >= 0.3 is 0 Å². The molecule has 5 atom stereocenters. The van der Waals surface area contributed by atoms with Gasteiger partial charge in [-0.15, -0.1) is 6.58 Å². The summed E-state index contributed by atoms with van der Waals surface area (Å²) in [5, 5.41) is 0. The molecule has 0 aromatic rings. The minimum atomic E-state index is 0.709. The predicted molar refractivity (Wildman–Crippen MR) is 112 cm³/mol. The summed E-state index contributed by atoms with van der Waals surface area (Å²) >= 11 is 0. The number of hydrogen-bond acceptors (Lipinski definition) is 0. The first-order valence-corrected chi connectivity index (χ1v) is 10.9. The van der Waals surface area contributed by atoms with Crippen LogP contribution >= 0.6 is 0 Å². The van der Waals surface area contributed by atoms with E-state index in [-0.39, 0.29) is 0 Å². The number of allylic oxidation sites excluding steroid dienone is 1. The maximum atomic E-state index is 4.00. The third-order valence-electron chi connectivity index (χ3n) is 5.94. The van der Waals surface area contributed by atoms with Crippen LogP contribution in [0.15, 0.2) is 12.7 Å². The fraction of sp³-hybridized carbons (Fsp3) is 0.917. The summed E-state index contributed by atoms with van der Waals surface area (Å²) in [6.45, 7) is 20.8. The first kappa shape index (κ1) is 23.7. The Hall–Kier alpha value is -0.260. The Morgan fingerprint density at radius 2 is 1.12 bits per heavy atom. The minimum Gasteiger partial charge on any atom is -0.103 e. The van der Waals surface area contributed by atoms with Gasteiger partial charge in [0.25, 0.3) is 0 Å². The van der Waals surface area contributed by atoms with E-state index in [0.717, 1.165) is 29.6 Å². The van der Waals surface area contributed by atoms with Gasteiger partial charge in [-0.05, 0) is 54.8 Å². The molecule has 0 saturated heterocycles. The molecule has 144 valence electrons. The molecule has 0 nitrogen and oxygen atoms in total. The number of hydrogen-bond donors (Lipinski definition) is 0. The first-order valence-electron chi connectivity index (χ1n) is 10.9. The van der Waals surface area contributed by atoms with Gasteiger partial charge in [0.1, 0.15) is 0 Å². The van der Waals surface area contributed by atoms with Gasteiger partial charge in [-0.3, -0.25) is 0 Å². The maximum Gasteiger partial charge on any atom is -0.0213 e. The van der Waals surface area contributed by atoms with E-state index in [9.17, 15) is 0 Å². The fourth-order valence-corrected chi connectivity index (χ4v) is 4.33. The van der Waals surface area contributed by atoms with E-state index < -0.39 is 0 Å². The third kappa shape index (κ3) is 12.2. The number of rotatable bonds is 15. The van der Waals surface area contributed by atoms with Gasteiger partial charge in [-0.2, -0.15) is 0 Å². The van der Waals surface area contributed by atoms with Crippen LogP contribution in [0.4, 0.5) is 0 Å². The van der Waals surface area contributed by atoms with Gasteiger partial charge in [0.2, 0.25) is 0 Å². The normalized spacial score (nSPS) is 18.2. The highest BCUT2D eigenvalue weighted by Crippen LogP contribution is 2.27. The zero-order valence-corrected chi connectivity index (χ0v) is 18.1. The SMILES string of the molecule is C=CC(CCCC(C)CC(C)CCC(C)CC(C)CCC)C(C)C. The molecule has 0 spiro atoms. The lowest BCUT2D eigenvalue weighted by molar-refractivity contribution is 0.310. The van der Waals surface area contributed by atoms with Crippen LogP contribution in [0.2, 0.25) is 0 Å². The average molecular weight is 337 g/mol. The van der Waals surface area contributed by atoms with Crippen molar-refractivity contribution in [2.75, 3.05) is 0 Å². The predicted octanol–water partition coefficient (Wildman–Crippen LogP) is 8.52. The molecule has 0 aliphatic rings. The molecule has 5 unspecified atom stereocenters. The second kappa shape index (κ2) is 14.0. The molecule has 0 radical (unpaired) electrons. The molecule has 0 fully saturated rings. The van der Waals surface area contributed by atoms with Gasteiger partial charge in [-0.1, -0.05) is 93.1 Å². The molecule has 0 rings (SSSR count). The lowest BCUT2D eigenvalue weighted by atomic mass is 9.84. The lowest BCUT2D eigenvalue weighted by Gasteiger charge is -2.22. The van der Waals surface area contributed by atoms with Crippen molar-refractivity contribution in [2.24, 2.45) is 35.5 Å². The quantitative estimate of drug-likeness (QED) is 0.263. The van der Waals surface area contributed by atoms with E-state index in [2.05, 4.69) is 61.1 Å². The van der Waals surface area contributed by atoms with Crippen molar-refractivity contribution in [3.63, 3.8) is 0 Å². The summed E-state index contributed by atoms with van der Waals surface area (Å²) in [5.74, 6) is 5.05. The molecule has 0 aromatic carbocycles. The van der Waals surface area contributed by atoms with Crippen LogP contribution in [0.25, 0.3) is 0 Å². The van der Waals surface area contributed by atoms with E-state index in [4.69, 9.17) is 0 Å². The molecule has 0 heterocycles. The Kier molecular flexibility index (Phi) is 13.8. The first-order chi connectivity index (χ1) is 11.3. The van der Waals surface area contributed by atoms with Crippen LogP contribution in [0.1, 0.15) is 106 Å². The maximum absolute atomic E-state index is 4.00. The van der Waals surface area contributed by atoms with Crippen LogP contribution in [0, 0.1) is 35.5 Å². The third-order valence-corrected chi connectivity index (χ3v) is 5.94. The van der Waals surface area contributed by atoms with Crippen LogP contribution in [-0.2, 0) is 0 Å². The second-order valence-corrected chi connectivity index (χ2v) is 9.33. The highest BCUT2D eigenvalue weighted by molar-refractivity contribution is 4.81. The molecule has 24 heavy (non-hydrogen) atoms. The summed E-state index contributed by atoms with van der Waals surface area (Å²) in [6, 6.07) is 0. The van der Waals surface area contributed by atoms with Gasteiger partial charge < -0.3 is 0 Å². The second-order valence-electron chi connectivity index (χ2n) is 9.33. The highest BCUT2D eigenvalue weighted by Gasteiger charge is 2.14. The Balaban J connectivity index is 3.85. The van der Waals surface area contributed by atoms with E-state index >= 15 is 0 Å². The summed E-state index contributed by atoms with van der Waals surface area (Å²) in [5.41, 5.74) is 0. The Bertz CT molecular complexity index is 290. The van der Waals surface area contributed by atoms with Gasteiger partial charge in [0.05, 0.1) is 0 Å². The van der Waals surface area contributed by atoms with Crippen molar-refractivity contribution in [2.45, 2.75) is 106 Å². The Morgan fingerprint density at radius 1 is 0.667 bits per heavy atom. The Morgan fingerprint density at radius 3 is 1.54 bits per heavy atom. The van der Waals surface area contributed by atoms with Crippen LogP contribution in [0.3, 0.4) is 0 Å². The summed E-state index contributed by atoms with van der Waals surface area (Å²) in [7, 11) is 0. The highest BCUT2D eigenvalue weighted by atomic mass is 14.2. The van der Waals surface area contributed by atoms with Gasteiger partial charge in [0, 0.05) is 0 Å². The van der Waals surface area contributed by atoms with E-state index in [1.165, 1.54) is 57.8 Å². The van der Waals surface area contributed by atoms with Gasteiger partial charge in [-0.25, -0.2) is 0 Å². The molecule has 0 heteroatoms. The van der Waals surface area contributed by atoms with Crippen molar-refractivity contribution >= 4 is 0 Å². The van der Waals surface area contributed by atoms with Crippen molar-refractivity contribution in [1.29, 1.82) is 0 Å². The molecule has 0 bridgehead atoms. The summed E-state index contributed by atoms with van der Waals surface area (Å²) in [4.78, 5) is 0. The van der Waals surface area contributed by atoms with Crippen LogP contribution in [-0.4, -0.2) is 0 Å². The molecule has 0 aromatic heterocycles. The average Bonchev–Trinajstić information content (AvgIpc) is 2.49. The summed E-state index contributed by atoms with van der Waals surface area (Å²) in [6.07, 6.45) is 14.7. The van der Waals surface area contributed by atoms with Crippen molar-refractivity contribution in [1.82, 2.24) is 0 Å². The molecule has 0 aliphatic carbocycles. The van der Waals surface area contributed by atoms with Crippen LogP contribution < -0.4 is 0 Å².